The Morgan fingerprint density at radius 1 is 1.29 bits per heavy atom. The molecule has 0 aliphatic rings. The van der Waals surface area contributed by atoms with Crippen LogP contribution >= 0.6 is 0 Å². The van der Waals surface area contributed by atoms with Crippen molar-refractivity contribution in [3.63, 3.8) is 0 Å². The van der Waals surface area contributed by atoms with Crippen molar-refractivity contribution in [1.82, 2.24) is 0 Å². The van der Waals surface area contributed by atoms with Gasteiger partial charge in [-0.3, -0.25) is 0 Å². The third-order valence-corrected chi connectivity index (χ3v) is 0.179. The smallest absolute Gasteiger partial charge is 0.387 e. The summed E-state index contributed by atoms with van der Waals surface area (Å²) in [7, 11) is 0. The second kappa shape index (κ2) is 2.02. The second-order valence-electron chi connectivity index (χ2n) is 0.773. The van der Waals surface area contributed by atoms with Crippen LogP contribution in [0.5, 0.6) is 0 Å². The van der Waals surface area contributed by atoms with E-state index in [1.807, 2.05) is 0 Å². The average molecular weight is 367 g/mol. The van der Waals surface area contributed by atoms with Crippen molar-refractivity contribution >= 4 is 0 Å². The molecule has 0 unspecified atom stereocenters. The summed E-state index contributed by atoms with van der Waals surface area (Å²) in [5.74, 6) is 0. The van der Waals surface area contributed by atoms with E-state index in [9.17, 15) is 13.2 Å². The number of hydrogen-bond acceptors (Lipinski definition) is 1. The van der Waals surface area contributed by atoms with E-state index in [2.05, 4.69) is 0 Å². The molecule has 40 valence electrons. The largest absolute Gasteiger partial charge is 0.411 e. The molecule has 0 aromatic carbocycles. The van der Waals surface area contributed by atoms with Crippen molar-refractivity contribution in [2.24, 2.45) is 0 Å². The fourth-order valence-corrected chi connectivity index (χ4v) is 0. The van der Waals surface area contributed by atoms with Gasteiger partial charge in [0.15, 0.2) is 0 Å². The minimum Gasteiger partial charge on any atom is -0.387 e. The van der Waals surface area contributed by atoms with E-state index in [0.717, 1.165) is 0 Å². The Kier molecular flexibility index (Phi) is 2.66. The van der Waals surface area contributed by atoms with Gasteiger partial charge in [-0.05, 0) is 0 Å². The maximum Gasteiger partial charge on any atom is 0.411 e. The first kappa shape index (κ1) is 9.23. The van der Waals surface area contributed by atoms with Crippen molar-refractivity contribution in [3.8, 4) is 0 Å². The van der Waals surface area contributed by atoms with Gasteiger partial charge in [0.2, 0.25) is 0 Å². The van der Waals surface area contributed by atoms with E-state index >= 15 is 0 Å². The Hall–Kier alpha value is -1.25. The van der Waals surface area contributed by atoms with Crippen LogP contribution in [0.1, 0.15) is 0 Å². The first-order chi connectivity index (χ1) is 2.56. The first-order valence-electron chi connectivity index (χ1n) is 1.24. The van der Waals surface area contributed by atoms with Crippen molar-refractivity contribution in [3.05, 3.63) is 0 Å². The number of aliphatic hydroxyl groups excluding tert-OH is 1. The standard InChI is InChI=1S/C2H3F3O.Rf/c3-2(4,5)1-6;/h6H,1H2;. The van der Waals surface area contributed by atoms with Gasteiger partial charge in [0.05, 0.1) is 0 Å². The van der Waals surface area contributed by atoms with Crippen molar-refractivity contribution in [2.45, 2.75) is 6.18 Å². The zero-order chi connectivity index (χ0) is 5.21. The van der Waals surface area contributed by atoms with Crippen LogP contribution in [-0.4, -0.2) is 17.9 Å². The van der Waals surface area contributed by atoms with Crippen LogP contribution < -0.4 is 0 Å². The zero-order valence-electron chi connectivity index (χ0n) is 3.50. The van der Waals surface area contributed by atoms with E-state index in [4.69, 9.17) is 5.11 Å². The van der Waals surface area contributed by atoms with E-state index in [1.54, 1.807) is 0 Å². The van der Waals surface area contributed by atoms with Gasteiger partial charge in [-0.25, -0.2) is 0 Å². The minimum absolute atomic E-state index is 0. The van der Waals surface area contributed by atoms with E-state index in [-0.39, 0.29) is 0 Å². The number of aliphatic hydroxyl groups is 1. The summed E-state index contributed by atoms with van der Waals surface area (Å²) in [5, 5.41) is 7.28. The van der Waals surface area contributed by atoms with Crippen molar-refractivity contribution in [1.29, 1.82) is 0 Å². The maximum absolute atomic E-state index is 10.5. The molecule has 0 aliphatic carbocycles. The molecule has 5 heteroatoms. The molecular weight excluding hydrogens is 364 g/mol. The first-order valence-corrected chi connectivity index (χ1v) is 1.24. The Balaban J connectivity index is 0. The summed E-state index contributed by atoms with van der Waals surface area (Å²) >= 11 is 0. The molecule has 0 bridgehead atoms. The molecule has 0 saturated heterocycles. The monoisotopic (exact) mass is 367 g/mol. The number of hydrogen-bond donors (Lipinski definition) is 1. The van der Waals surface area contributed by atoms with E-state index in [0.29, 0.717) is 0 Å². The van der Waals surface area contributed by atoms with Crippen LogP contribution in [0.4, 0.5) is 13.2 Å². The van der Waals surface area contributed by atoms with E-state index in [1.165, 1.54) is 0 Å². The van der Waals surface area contributed by atoms with Crippen LogP contribution in [0.3, 0.4) is 0 Å². The average Bonchev–Trinajstić information content (AvgIpc) is 1.35. The SMILES string of the molecule is OCC(F)(F)F.[Rf]. The van der Waals surface area contributed by atoms with Gasteiger partial charge in [-0.1, -0.05) is 0 Å². The molecule has 7 heavy (non-hydrogen) atoms. The number of rotatable bonds is 0. The van der Waals surface area contributed by atoms with Crippen LogP contribution in [0.2, 0.25) is 0 Å². The quantitative estimate of drug-likeness (QED) is 0.663. The maximum atomic E-state index is 10.5. The normalized spacial score (nSPS) is 10.3. The number of halogens is 3. The predicted octanol–water partition coefficient (Wildman–Crippen LogP) is 0.541. The van der Waals surface area contributed by atoms with Gasteiger partial charge >= 0.3 is 6.18 Å². The summed E-state index contributed by atoms with van der Waals surface area (Å²) in [6.45, 7) is -1.73. The minimum atomic E-state index is -4.40. The molecule has 0 rings (SSSR count). The van der Waals surface area contributed by atoms with Gasteiger partial charge in [0, 0.05) is 0 Å². The van der Waals surface area contributed by atoms with Crippen molar-refractivity contribution in [2.75, 3.05) is 6.61 Å². The molecule has 0 aromatic heterocycles. The fraction of sp³-hybridized carbons (Fsp3) is 1.00. The van der Waals surface area contributed by atoms with Crippen LogP contribution in [0.25, 0.3) is 0 Å². The summed E-state index contributed by atoms with van der Waals surface area (Å²) in [5.41, 5.74) is 0. The Morgan fingerprint density at radius 3 is 1.43 bits per heavy atom. The predicted molar refractivity (Wildman–Crippen MR) is 13.1 cm³/mol. The summed E-state index contributed by atoms with van der Waals surface area (Å²) in [6, 6.07) is 0. The molecule has 0 fully saturated rings. The molecular formula is C2H3F3ORf. The Labute approximate surface area is 32.4 Å². The molecule has 0 aromatic rings. The topological polar surface area (TPSA) is 20.2 Å². The summed E-state index contributed by atoms with van der Waals surface area (Å²) in [4.78, 5) is 0. The number of alkyl halides is 3. The molecule has 0 radical (unpaired) electrons. The molecule has 1 N–H and O–H groups in total. The van der Waals surface area contributed by atoms with Gasteiger partial charge in [0.25, 0.3) is 0 Å². The molecule has 0 amide bonds. The third kappa shape index (κ3) is 11.7. The van der Waals surface area contributed by atoms with Crippen LogP contribution in [0, 0.1) is 0 Å². The summed E-state index contributed by atoms with van der Waals surface area (Å²) in [6.07, 6.45) is -4.40. The van der Waals surface area contributed by atoms with Gasteiger partial charge in [-0.2, -0.15) is 13.2 Å². The van der Waals surface area contributed by atoms with Crippen LogP contribution in [0.15, 0.2) is 0 Å². The van der Waals surface area contributed by atoms with Gasteiger partial charge < -0.3 is 5.11 Å². The third-order valence-electron chi connectivity index (χ3n) is 0.179. The van der Waals surface area contributed by atoms with Gasteiger partial charge in [-0.15, -0.1) is 0 Å². The molecule has 0 spiro atoms. The summed E-state index contributed by atoms with van der Waals surface area (Å²) < 4.78 is 31.6. The second-order valence-corrected chi connectivity index (χ2v) is 0.773. The van der Waals surface area contributed by atoms with Crippen molar-refractivity contribution < 1.29 is 18.3 Å². The molecule has 0 heterocycles. The molecule has 0 saturated carbocycles. The Bertz CT molecular complexity index is 42.7. The molecule has 1 nitrogen and oxygen atoms in total. The molecule has 0 aliphatic heterocycles. The van der Waals surface area contributed by atoms with Crippen LogP contribution in [-0.2, 0) is 0 Å². The Morgan fingerprint density at radius 2 is 1.43 bits per heavy atom. The van der Waals surface area contributed by atoms with Gasteiger partial charge in [0.1, 0.15) is 6.61 Å². The fourth-order valence-electron chi connectivity index (χ4n) is 0. The zero-order valence-corrected chi connectivity index (χ0v) is 9.89. The molecule has 0 atom stereocenters. The van der Waals surface area contributed by atoms with E-state index < -0.39 is 12.8 Å².